The topological polar surface area (TPSA) is 194 Å². The smallest absolute Gasteiger partial charge is 0.309 e. The Morgan fingerprint density at radius 3 is 2.14 bits per heavy atom. The number of hydrogen-bond donors (Lipinski definition) is 4. The fourth-order valence-electron chi connectivity index (χ4n) is 6.70. The van der Waals surface area contributed by atoms with Crippen LogP contribution in [-0.4, -0.2) is 32.5 Å². The Labute approximate surface area is 239 Å². The number of fused-ring (bicyclic) bond motifs is 5. The summed E-state index contributed by atoms with van der Waals surface area (Å²) in [6, 6.07) is 1.67. The van der Waals surface area contributed by atoms with E-state index in [2.05, 4.69) is 0 Å². The molecular weight excluding hydrogens is 564 g/mol. The first-order valence-corrected chi connectivity index (χ1v) is 13.4. The molecule has 0 saturated carbocycles. The number of phenolic OH excluding ortho intramolecular Hbond substituents is 4. The Bertz CT molecular complexity index is 2290. The minimum atomic E-state index is -1.20. The maximum absolute atomic E-state index is 13.9. The van der Waals surface area contributed by atoms with E-state index in [0.29, 0.717) is 5.76 Å². The molecule has 0 aromatic heterocycles. The normalized spacial score (nSPS) is 22.5. The van der Waals surface area contributed by atoms with Crippen LogP contribution in [-0.2, 0) is 19.0 Å². The lowest BCUT2D eigenvalue weighted by Gasteiger charge is -2.30. The molecule has 4 atom stereocenters. The molecule has 2 aliphatic carbocycles. The number of aromatic hydroxyl groups is 4. The summed E-state index contributed by atoms with van der Waals surface area (Å²) < 4.78 is 16.6. The van der Waals surface area contributed by atoms with Gasteiger partial charge in [0.25, 0.3) is 0 Å². The summed E-state index contributed by atoms with van der Waals surface area (Å²) in [6.07, 6.45) is -2.50. The molecule has 0 amide bonds. The lowest BCUT2D eigenvalue weighted by molar-refractivity contribution is -0.143. The molecule has 3 aliphatic heterocycles. The van der Waals surface area contributed by atoms with Crippen molar-refractivity contribution < 1.29 is 39.4 Å². The van der Waals surface area contributed by atoms with Crippen molar-refractivity contribution in [3.05, 3.63) is 91.5 Å². The summed E-state index contributed by atoms with van der Waals surface area (Å²) in [6.45, 7) is 4.71. The second kappa shape index (κ2) is 8.65. The van der Waals surface area contributed by atoms with E-state index in [4.69, 9.17) is 14.2 Å². The molecule has 1 fully saturated rings. The average Bonchev–Trinajstić information content (AvgIpc) is 3.30. The number of rotatable bonds is 1. The number of allylic oxidation sites excluding steroid dienone is 1. The minimum absolute atomic E-state index is 0.109. The Hall–Kier alpha value is -5.23. The van der Waals surface area contributed by atoms with Gasteiger partial charge in [0.05, 0.1) is 45.1 Å². The Balaban J connectivity index is 1.57. The first-order valence-electron chi connectivity index (χ1n) is 13.4. The molecule has 1 saturated heterocycles. The van der Waals surface area contributed by atoms with Gasteiger partial charge in [-0.1, -0.05) is 0 Å². The number of hydrogen-bond acceptors (Lipinski definition) is 12. The van der Waals surface area contributed by atoms with Crippen LogP contribution in [0.1, 0.15) is 67.8 Å². The van der Waals surface area contributed by atoms with E-state index in [-0.39, 0.29) is 34.1 Å². The number of benzene rings is 2. The van der Waals surface area contributed by atoms with Gasteiger partial charge in [0.1, 0.15) is 35.2 Å². The number of phenols is 4. The number of esters is 1. The van der Waals surface area contributed by atoms with Gasteiger partial charge in [0.15, 0.2) is 27.8 Å². The molecule has 2 aromatic carbocycles. The van der Waals surface area contributed by atoms with Gasteiger partial charge in [0.2, 0.25) is 0 Å². The van der Waals surface area contributed by atoms with E-state index in [1.807, 2.05) is 0 Å². The Kier molecular flexibility index (Phi) is 5.36. The molecule has 0 spiro atoms. The minimum Gasteiger partial charge on any atom is -0.507 e. The lowest BCUT2D eigenvalue weighted by atomic mass is 9.87. The second-order valence-corrected chi connectivity index (χ2v) is 11.0. The summed E-state index contributed by atoms with van der Waals surface area (Å²) in [4.78, 5) is 66.6. The summed E-state index contributed by atoms with van der Waals surface area (Å²) >= 11 is 0. The van der Waals surface area contributed by atoms with Crippen molar-refractivity contribution in [3.8, 4) is 34.1 Å². The molecule has 0 radical (unpaired) electrons. The largest absolute Gasteiger partial charge is 0.507 e. The predicted octanol–water partition coefficient (Wildman–Crippen LogP) is 2.27. The van der Waals surface area contributed by atoms with Gasteiger partial charge in [-0.25, -0.2) is 0 Å². The molecule has 0 unspecified atom stereocenters. The SMILES string of the molecule is CC1=Cc2c(c(O)c3c(O)c(-c4cc(=O)c5c(=O)c6c(c(=O)c=5c4=O)[C@@H](C)O[C@@H]4CC(=O)O[C@H]64)cc(O)c3c2O)[C@@H](C)O1. The van der Waals surface area contributed by atoms with Gasteiger partial charge in [0, 0.05) is 27.8 Å². The van der Waals surface area contributed by atoms with Crippen LogP contribution in [0, 0.1) is 10.4 Å². The van der Waals surface area contributed by atoms with Crippen molar-refractivity contribution in [1.82, 2.24) is 0 Å². The Morgan fingerprint density at radius 1 is 0.721 bits per heavy atom. The summed E-state index contributed by atoms with van der Waals surface area (Å²) in [5.74, 6) is -2.65. The highest BCUT2D eigenvalue weighted by molar-refractivity contribution is 6.08. The molecule has 5 aliphatic rings. The predicted molar refractivity (Wildman–Crippen MR) is 149 cm³/mol. The molecule has 12 heteroatoms. The molecule has 218 valence electrons. The van der Waals surface area contributed by atoms with Crippen molar-refractivity contribution in [1.29, 1.82) is 0 Å². The highest BCUT2D eigenvalue weighted by atomic mass is 16.6. The molecule has 4 N–H and O–H groups in total. The van der Waals surface area contributed by atoms with Crippen LogP contribution < -0.4 is 21.7 Å². The van der Waals surface area contributed by atoms with Crippen LogP contribution >= 0.6 is 0 Å². The standard InChI is InChI=1S/C31H22O12/c1-8-4-13-18(9(2)41-8)28(38)22-20(27(13)37)14(32)5-11(25(22)35)12-6-15(33)21-23(26(12)36)29(39)19-10(3)42-16-7-17(34)43-31(16)24(19)30(21)40/h4-6,9-10,16,31-32,35,37-38H,7H2,1-3H3/t9-,10-,16-,31+/m1/s1. The second-order valence-electron chi connectivity index (χ2n) is 11.0. The third kappa shape index (κ3) is 3.37. The molecular formula is C31H22O12. The quantitative estimate of drug-likeness (QED) is 0.188. The number of carbonyl (C=O) groups excluding carboxylic acids is 1. The number of carbonyl (C=O) groups is 1. The first kappa shape index (κ1) is 26.7. The fraction of sp³-hybridized carbons (Fsp3) is 0.258. The highest BCUT2D eigenvalue weighted by Gasteiger charge is 2.46. The van der Waals surface area contributed by atoms with Gasteiger partial charge in [-0.15, -0.1) is 0 Å². The lowest BCUT2D eigenvalue weighted by Crippen LogP contribution is -2.40. The van der Waals surface area contributed by atoms with Crippen molar-refractivity contribution in [3.63, 3.8) is 0 Å². The van der Waals surface area contributed by atoms with E-state index in [1.54, 1.807) is 13.8 Å². The van der Waals surface area contributed by atoms with E-state index < -0.39 is 102 Å². The molecule has 43 heavy (non-hydrogen) atoms. The van der Waals surface area contributed by atoms with Crippen LogP contribution in [0.5, 0.6) is 23.0 Å². The number of ether oxygens (including phenoxy) is 3. The molecule has 7 rings (SSSR count). The third-order valence-electron chi connectivity index (χ3n) is 8.47. The molecule has 2 aromatic rings. The summed E-state index contributed by atoms with van der Waals surface area (Å²) in [7, 11) is 0. The van der Waals surface area contributed by atoms with Crippen molar-refractivity contribution >= 4 is 22.8 Å². The molecule has 12 nitrogen and oxygen atoms in total. The highest BCUT2D eigenvalue weighted by Crippen LogP contribution is 2.54. The van der Waals surface area contributed by atoms with E-state index in [0.717, 1.165) is 12.1 Å². The Morgan fingerprint density at radius 2 is 1.42 bits per heavy atom. The van der Waals surface area contributed by atoms with Crippen LogP contribution in [0.4, 0.5) is 0 Å². The zero-order valence-electron chi connectivity index (χ0n) is 22.8. The van der Waals surface area contributed by atoms with Crippen molar-refractivity contribution in [2.45, 2.75) is 51.6 Å². The summed E-state index contributed by atoms with van der Waals surface area (Å²) in [5.41, 5.74) is -5.12. The maximum atomic E-state index is 13.9. The monoisotopic (exact) mass is 586 g/mol. The van der Waals surface area contributed by atoms with Crippen LogP contribution in [0.2, 0.25) is 0 Å². The molecule has 3 heterocycles. The molecule has 0 bridgehead atoms. The van der Waals surface area contributed by atoms with Gasteiger partial charge in [-0.2, -0.15) is 0 Å². The van der Waals surface area contributed by atoms with Crippen LogP contribution in [0.3, 0.4) is 0 Å². The van der Waals surface area contributed by atoms with E-state index in [1.165, 1.54) is 13.0 Å². The van der Waals surface area contributed by atoms with Crippen molar-refractivity contribution in [2.24, 2.45) is 0 Å². The van der Waals surface area contributed by atoms with E-state index >= 15 is 0 Å². The third-order valence-corrected chi connectivity index (χ3v) is 8.47. The van der Waals surface area contributed by atoms with Crippen molar-refractivity contribution in [2.75, 3.05) is 0 Å². The van der Waals surface area contributed by atoms with Gasteiger partial charge in [-0.3, -0.25) is 24.0 Å². The first-order chi connectivity index (χ1) is 20.3. The van der Waals surface area contributed by atoms with Gasteiger partial charge in [-0.05, 0) is 39.0 Å². The fourth-order valence-corrected chi connectivity index (χ4v) is 6.70. The van der Waals surface area contributed by atoms with Gasteiger partial charge >= 0.3 is 5.97 Å². The maximum Gasteiger partial charge on any atom is 0.309 e. The van der Waals surface area contributed by atoms with Crippen LogP contribution in [0.25, 0.3) is 28.0 Å². The zero-order valence-corrected chi connectivity index (χ0v) is 22.8. The van der Waals surface area contributed by atoms with E-state index in [9.17, 15) is 44.4 Å². The zero-order chi connectivity index (χ0) is 30.8. The van der Waals surface area contributed by atoms with Crippen LogP contribution in [0.15, 0.2) is 37.1 Å². The van der Waals surface area contributed by atoms with Gasteiger partial charge < -0.3 is 34.6 Å². The average molecular weight is 587 g/mol. The summed E-state index contributed by atoms with van der Waals surface area (Å²) in [5, 5.41) is 42.4.